The van der Waals surface area contributed by atoms with Gasteiger partial charge in [-0.05, 0) is 12.1 Å². The molecule has 1 amide bonds. The number of amides is 1. The van der Waals surface area contributed by atoms with E-state index < -0.39 is 17.8 Å². The van der Waals surface area contributed by atoms with Crippen LogP contribution in [-0.4, -0.2) is 37.6 Å². The van der Waals surface area contributed by atoms with Crippen molar-refractivity contribution < 1.29 is 23.0 Å². The summed E-state index contributed by atoms with van der Waals surface area (Å²) in [4.78, 5) is 12.1. The first-order valence-electron chi connectivity index (χ1n) is 5.81. The molecular formula is C12H12ClF2NO3S. The third kappa shape index (κ3) is 4.05. The van der Waals surface area contributed by atoms with Crippen LogP contribution in [0.3, 0.4) is 0 Å². The Balaban J connectivity index is 2.11. The van der Waals surface area contributed by atoms with Crippen LogP contribution < -0.4 is 5.32 Å². The van der Waals surface area contributed by atoms with E-state index in [1.54, 1.807) is 6.07 Å². The van der Waals surface area contributed by atoms with Gasteiger partial charge in [0.15, 0.2) is 6.10 Å². The zero-order valence-corrected chi connectivity index (χ0v) is 11.8. The van der Waals surface area contributed by atoms with Crippen molar-refractivity contribution in [3.63, 3.8) is 0 Å². The number of rotatable bonds is 4. The minimum Gasteiger partial charge on any atom is -0.376 e. The number of benzene rings is 1. The molecule has 0 radical (unpaired) electrons. The van der Waals surface area contributed by atoms with E-state index in [0.717, 1.165) is 0 Å². The fraction of sp³-hybridized carbons (Fsp3) is 0.417. The summed E-state index contributed by atoms with van der Waals surface area (Å²) >= 11 is 6.17. The smallest absolute Gasteiger partial charge is 0.289 e. The van der Waals surface area contributed by atoms with E-state index in [9.17, 15) is 13.6 Å². The number of halogens is 3. The first-order chi connectivity index (χ1) is 9.58. The van der Waals surface area contributed by atoms with Crippen molar-refractivity contribution in [3.8, 4) is 0 Å². The summed E-state index contributed by atoms with van der Waals surface area (Å²) in [7, 11) is 0. The van der Waals surface area contributed by atoms with Crippen molar-refractivity contribution in [2.24, 2.45) is 0 Å². The number of carbonyl (C=O) groups excluding carboxylic acids is 1. The fourth-order valence-corrected chi connectivity index (χ4v) is 2.58. The average Bonchev–Trinajstić information content (AvgIpc) is 2.43. The Morgan fingerprint density at radius 3 is 2.90 bits per heavy atom. The highest BCUT2D eigenvalue weighted by Gasteiger charge is 2.24. The van der Waals surface area contributed by atoms with Gasteiger partial charge in [-0.25, -0.2) is 0 Å². The summed E-state index contributed by atoms with van der Waals surface area (Å²) in [5.41, 5.74) is 0.238. The Hall–Kier alpha value is -0.890. The molecule has 0 bridgehead atoms. The van der Waals surface area contributed by atoms with Crippen LogP contribution >= 0.6 is 23.4 Å². The maximum Gasteiger partial charge on any atom is 0.289 e. The minimum absolute atomic E-state index is 0.134. The molecule has 0 aliphatic carbocycles. The third-order valence-corrected chi connectivity index (χ3v) is 3.82. The molecule has 1 aliphatic heterocycles. The molecule has 1 aromatic rings. The number of ether oxygens (including phenoxy) is 2. The van der Waals surface area contributed by atoms with Crippen molar-refractivity contribution >= 4 is 35.0 Å². The Labute approximate surface area is 123 Å². The molecule has 4 nitrogen and oxygen atoms in total. The lowest BCUT2D eigenvalue weighted by molar-refractivity contribution is -0.142. The van der Waals surface area contributed by atoms with Gasteiger partial charge in [-0.1, -0.05) is 29.4 Å². The predicted octanol–water partition coefficient (Wildman–Crippen LogP) is 3.01. The second-order valence-corrected chi connectivity index (χ2v) is 5.33. The molecule has 1 unspecified atom stereocenters. The maximum absolute atomic E-state index is 12.5. The number of hydrogen-bond donors (Lipinski definition) is 1. The van der Waals surface area contributed by atoms with Crippen LogP contribution in [0.15, 0.2) is 23.1 Å². The molecule has 0 saturated carbocycles. The summed E-state index contributed by atoms with van der Waals surface area (Å²) in [6.45, 7) is 0.906. The van der Waals surface area contributed by atoms with Crippen molar-refractivity contribution in [1.82, 2.24) is 0 Å². The summed E-state index contributed by atoms with van der Waals surface area (Å²) in [6.07, 6.45) is -0.743. The Bertz CT molecular complexity index is 484. The molecule has 1 atom stereocenters. The molecule has 110 valence electrons. The molecule has 1 heterocycles. The zero-order valence-electron chi connectivity index (χ0n) is 10.3. The van der Waals surface area contributed by atoms with Crippen LogP contribution in [0, 0.1) is 0 Å². The molecule has 8 heteroatoms. The third-order valence-electron chi connectivity index (χ3n) is 2.54. The van der Waals surface area contributed by atoms with Crippen LogP contribution in [0.5, 0.6) is 0 Å². The van der Waals surface area contributed by atoms with E-state index in [-0.39, 0.29) is 34.0 Å². The molecule has 1 fully saturated rings. The van der Waals surface area contributed by atoms with Gasteiger partial charge in [0, 0.05) is 0 Å². The number of nitrogens with one attached hydrogen (secondary N) is 1. The molecule has 1 saturated heterocycles. The number of hydrogen-bond acceptors (Lipinski definition) is 4. The fourth-order valence-electron chi connectivity index (χ4n) is 1.67. The largest absolute Gasteiger partial charge is 0.376 e. The van der Waals surface area contributed by atoms with Gasteiger partial charge >= 0.3 is 0 Å². The van der Waals surface area contributed by atoms with Crippen molar-refractivity contribution in [3.05, 3.63) is 23.2 Å². The second-order valence-electron chi connectivity index (χ2n) is 3.92. The number of alkyl halides is 2. The van der Waals surface area contributed by atoms with E-state index in [1.165, 1.54) is 12.1 Å². The zero-order chi connectivity index (χ0) is 14.5. The Kier molecular flexibility index (Phi) is 5.59. The summed E-state index contributed by atoms with van der Waals surface area (Å²) in [5.74, 6) is -3.07. The van der Waals surface area contributed by atoms with Gasteiger partial charge < -0.3 is 14.8 Å². The molecular weight excluding hydrogens is 312 g/mol. The monoisotopic (exact) mass is 323 g/mol. The lowest BCUT2D eigenvalue weighted by atomic mass is 10.2. The lowest BCUT2D eigenvalue weighted by Crippen LogP contribution is -2.39. The van der Waals surface area contributed by atoms with E-state index >= 15 is 0 Å². The van der Waals surface area contributed by atoms with Crippen LogP contribution in [0.2, 0.25) is 5.02 Å². The Morgan fingerprint density at radius 2 is 2.25 bits per heavy atom. The van der Waals surface area contributed by atoms with Gasteiger partial charge in [-0.2, -0.15) is 8.78 Å². The van der Waals surface area contributed by atoms with Gasteiger partial charge in [-0.3, -0.25) is 4.79 Å². The number of anilines is 1. The van der Waals surface area contributed by atoms with Gasteiger partial charge in [0.1, 0.15) is 0 Å². The molecule has 20 heavy (non-hydrogen) atoms. The molecule has 1 aliphatic rings. The van der Waals surface area contributed by atoms with Crippen LogP contribution in [-0.2, 0) is 14.3 Å². The van der Waals surface area contributed by atoms with Gasteiger partial charge in [0.2, 0.25) is 0 Å². The van der Waals surface area contributed by atoms with E-state index in [0.29, 0.717) is 13.2 Å². The van der Waals surface area contributed by atoms with E-state index in [1.807, 2.05) is 0 Å². The molecule has 0 spiro atoms. The first kappa shape index (κ1) is 15.5. The quantitative estimate of drug-likeness (QED) is 0.865. The predicted molar refractivity (Wildman–Crippen MR) is 72.5 cm³/mol. The van der Waals surface area contributed by atoms with Crippen LogP contribution in [0.4, 0.5) is 14.5 Å². The van der Waals surface area contributed by atoms with Crippen LogP contribution in [0.1, 0.15) is 0 Å². The van der Waals surface area contributed by atoms with Gasteiger partial charge in [0.05, 0.1) is 35.4 Å². The van der Waals surface area contributed by atoms with Gasteiger partial charge in [-0.15, -0.1) is 0 Å². The highest BCUT2D eigenvalue weighted by molar-refractivity contribution is 7.99. The molecule has 2 rings (SSSR count). The topological polar surface area (TPSA) is 47.6 Å². The maximum atomic E-state index is 12.5. The Morgan fingerprint density at radius 1 is 1.45 bits per heavy atom. The lowest BCUT2D eigenvalue weighted by Gasteiger charge is -2.22. The van der Waals surface area contributed by atoms with Crippen molar-refractivity contribution in [2.75, 3.05) is 25.1 Å². The average molecular weight is 324 g/mol. The normalized spacial score (nSPS) is 19.1. The molecule has 1 aromatic carbocycles. The van der Waals surface area contributed by atoms with E-state index in [2.05, 4.69) is 5.32 Å². The summed E-state index contributed by atoms with van der Waals surface area (Å²) in [5, 5.41) is 2.70. The molecule has 1 N–H and O–H groups in total. The van der Waals surface area contributed by atoms with Gasteiger partial charge in [0.25, 0.3) is 11.7 Å². The number of thioether (sulfide) groups is 1. The second kappa shape index (κ2) is 7.21. The standard InChI is InChI=1S/C12H12ClF2NO3S/c13-7-2-1-3-8(10(7)20-12(14)15)16-11(17)9-6-18-4-5-19-9/h1-3,9,12H,4-6H2,(H,16,17). The SMILES string of the molecule is O=C(Nc1cccc(Cl)c1SC(F)F)C1COCCO1. The van der Waals surface area contributed by atoms with Crippen molar-refractivity contribution in [2.45, 2.75) is 16.8 Å². The summed E-state index contributed by atoms with van der Waals surface area (Å²) in [6, 6.07) is 4.58. The summed E-state index contributed by atoms with van der Waals surface area (Å²) < 4.78 is 35.4. The van der Waals surface area contributed by atoms with Crippen molar-refractivity contribution in [1.29, 1.82) is 0 Å². The van der Waals surface area contributed by atoms with E-state index in [4.69, 9.17) is 21.1 Å². The minimum atomic E-state index is -2.63. The first-order valence-corrected chi connectivity index (χ1v) is 7.07. The highest BCUT2D eigenvalue weighted by Crippen LogP contribution is 2.37. The van der Waals surface area contributed by atoms with Crippen LogP contribution in [0.25, 0.3) is 0 Å². The highest BCUT2D eigenvalue weighted by atomic mass is 35.5. The molecule has 0 aromatic heterocycles. The number of carbonyl (C=O) groups is 1.